The van der Waals surface area contributed by atoms with Gasteiger partial charge in [0.05, 0.1) is 22.2 Å². The Balaban J connectivity index is 2.67. The summed E-state index contributed by atoms with van der Waals surface area (Å²) < 4.78 is 5.26. The van der Waals surface area contributed by atoms with Crippen LogP contribution in [0.2, 0.25) is 0 Å². The number of rotatable bonds is 0. The molecule has 72 valence electrons. The lowest BCUT2D eigenvalue weighted by atomic mass is 10.1. The zero-order valence-corrected chi connectivity index (χ0v) is 8.03. The number of H-pyrrole nitrogens is 1. The van der Waals surface area contributed by atoms with E-state index in [1.807, 2.05) is 19.1 Å². The fourth-order valence-electron chi connectivity index (χ4n) is 1.88. The molecule has 3 aromatic rings. The summed E-state index contributed by atoms with van der Waals surface area (Å²) in [4.78, 5) is 4.18. The van der Waals surface area contributed by atoms with E-state index in [1.54, 1.807) is 6.20 Å². The Bertz CT molecular complexity index is 700. The average molecular weight is 197 g/mol. The lowest BCUT2D eigenvalue weighted by Gasteiger charge is -1.92. The molecular formula is C11H7N3O. The van der Waals surface area contributed by atoms with Crippen LogP contribution in [0, 0.1) is 18.3 Å². The fourth-order valence-corrected chi connectivity index (χ4v) is 1.88. The zero-order chi connectivity index (χ0) is 10.4. The van der Waals surface area contributed by atoms with Crippen molar-refractivity contribution in [3.63, 3.8) is 0 Å². The highest BCUT2D eigenvalue weighted by Gasteiger charge is 2.12. The molecule has 4 nitrogen and oxygen atoms in total. The number of nitriles is 1. The molecule has 1 aromatic carbocycles. The summed E-state index contributed by atoms with van der Waals surface area (Å²) in [7, 11) is 0. The molecule has 0 radical (unpaired) electrons. The molecule has 0 aliphatic carbocycles. The quantitative estimate of drug-likeness (QED) is 0.602. The zero-order valence-electron chi connectivity index (χ0n) is 8.03. The van der Waals surface area contributed by atoms with Crippen molar-refractivity contribution in [2.24, 2.45) is 0 Å². The minimum atomic E-state index is 0.591. The van der Waals surface area contributed by atoms with Crippen molar-refractivity contribution < 1.29 is 4.52 Å². The number of hydrogen-bond acceptors (Lipinski definition) is 3. The van der Waals surface area contributed by atoms with E-state index in [0.717, 1.165) is 27.6 Å². The molecule has 0 saturated carbocycles. The van der Waals surface area contributed by atoms with Gasteiger partial charge in [0, 0.05) is 11.6 Å². The predicted octanol–water partition coefficient (Wildman–Crippen LogP) is 2.49. The van der Waals surface area contributed by atoms with E-state index in [4.69, 9.17) is 9.78 Å². The Hall–Kier alpha value is -2.28. The molecular weight excluding hydrogens is 190 g/mol. The second-order valence-corrected chi connectivity index (χ2v) is 3.45. The van der Waals surface area contributed by atoms with E-state index >= 15 is 0 Å². The number of aromatic amines is 1. The van der Waals surface area contributed by atoms with E-state index in [1.165, 1.54) is 0 Å². The van der Waals surface area contributed by atoms with Gasteiger partial charge in [0.25, 0.3) is 0 Å². The molecule has 1 N–H and O–H groups in total. The van der Waals surface area contributed by atoms with Gasteiger partial charge in [-0.15, -0.1) is 0 Å². The third-order valence-corrected chi connectivity index (χ3v) is 2.56. The number of aromatic nitrogens is 2. The van der Waals surface area contributed by atoms with E-state index in [2.05, 4.69) is 16.2 Å². The minimum absolute atomic E-state index is 0.591. The Kier molecular flexibility index (Phi) is 1.40. The van der Waals surface area contributed by atoms with Crippen LogP contribution in [-0.2, 0) is 0 Å². The van der Waals surface area contributed by atoms with Gasteiger partial charge in [-0.2, -0.15) is 5.26 Å². The van der Waals surface area contributed by atoms with Crippen molar-refractivity contribution in [3.8, 4) is 6.07 Å². The summed E-state index contributed by atoms with van der Waals surface area (Å²) in [6.45, 7) is 1.92. The number of benzene rings is 1. The third-order valence-electron chi connectivity index (χ3n) is 2.56. The van der Waals surface area contributed by atoms with Gasteiger partial charge < -0.3 is 4.52 Å². The molecule has 0 bridgehead atoms. The van der Waals surface area contributed by atoms with Crippen LogP contribution in [0.25, 0.3) is 21.9 Å². The molecule has 4 heteroatoms. The first kappa shape index (κ1) is 8.06. The molecule has 0 unspecified atom stereocenters. The minimum Gasteiger partial charge on any atom is -0.382 e. The lowest BCUT2D eigenvalue weighted by Crippen LogP contribution is -1.75. The second kappa shape index (κ2) is 2.61. The Morgan fingerprint density at radius 3 is 3.07 bits per heavy atom. The number of aryl methyl sites for hydroxylation is 1. The van der Waals surface area contributed by atoms with Gasteiger partial charge in [-0.05, 0) is 19.1 Å². The SMILES string of the molecule is Cc1[nH]oc2ccc3ncc(C#N)c3c12. The number of fused-ring (bicyclic) bond motifs is 3. The van der Waals surface area contributed by atoms with Crippen LogP contribution in [0.5, 0.6) is 0 Å². The number of nitrogens with zero attached hydrogens (tertiary/aromatic N) is 2. The Labute approximate surface area is 85.1 Å². The van der Waals surface area contributed by atoms with E-state index in [-0.39, 0.29) is 0 Å². The maximum atomic E-state index is 8.98. The van der Waals surface area contributed by atoms with Gasteiger partial charge in [0.2, 0.25) is 0 Å². The standard InChI is InChI=1S/C11H7N3O/c1-6-10-9(15-14-6)3-2-8-11(10)7(4-12)5-13-8/h2-3,5,14H,1H3. The Morgan fingerprint density at radius 1 is 1.40 bits per heavy atom. The van der Waals surface area contributed by atoms with Crippen molar-refractivity contribution in [1.82, 2.24) is 10.1 Å². The molecule has 2 aromatic heterocycles. The summed E-state index contributed by atoms with van der Waals surface area (Å²) in [6.07, 6.45) is 1.59. The third kappa shape index (κ3) is 0.919. The van der Waals surface area contributed by atoms with Crippen LogP contribution in [0.15, 0.2) is 22.9 Å². The normalized spacial score (nSPS) is 10.9. The van der Waals surface area contributed by atoms with Crippen molar-refractivity contribution in [3.05, 3.63) is 29.6 Å². The van der Waals surface area contributed by atoms with E-state index in [9.17, 15) is 0 Å². The van der Waals surface area contributed by atoms with Crippen molar-refractivity contribution in [2.75, 3.05) is 0 Å². The molecule has 0 amide bonds. The topological polar surface area (TPSA) is 65.6 Å². The van der Waals surface area contributed by atoms with Crippen molar-refractivity contribution >= 4 is 21.9 Å². The van der Waals surface area contributed by atoms with Crippen molar-refractivity contribution in [2.45, 2.75) is 6.92 Å². The molecule has 2 heterocycles. The predicted molar refractivity (Wildman–Crippen MR) is 55.3 cm³/mol. The molecule has 3 rings (SSSR count). The molecule has 15 heavy (non-hydrogen) atoms. The van der Waals surface area contributed by atoms with Gasteiger partial charge in [0.1, 0.15) is 6.07 Å². The van der Waals surface area contributed by atoms with E-state index in [0.29, 0.717) is 5.56 Å². The smallest absolute Gasteiger partial charge is 0.164 e. The fraction of sp³-hybridized carbons (Fsp3) is 0.0909. The first-order valence-electron chi connectivity index (χ1n) is 4.56. The van der Waals surface area contributed by atoms with Gasteiger partial charge in [-0.25, -0.2) is 5.16 Å². The summed E-state index contributed by atoms with van der Waals surface area (Å²) in [5.74, 6) is 0. The van der Waals surface area contributed by atoms with Crippen molar-refractivity contribution in [1.29, 1.82) is 5.26 Å². The highest BCUT2D eigenvalue weighted by molar-refractivity contribution is 6.08. The maximum Gasteiger partial charge on any atom is 0.164 e. The summed E-state index contributed by atoms with van der Waals surface area (Å²) >= 11 is 0. The average Bonchev–Trinajstić information content (AvgIpc) is 2.81. The first-order chi connectivity index (χ1) is 7.31. The maximum absolute atomic E-state index is 8.98. The molecule has 0 aliphatic rings. The van der Waals surface area contributed by atoms with Crippen LogP contribution in [0.3, 0.4) is 0 Å². The molecule has 0 fully saturated rings. The van der Waals surface area contributed by atoms with Crippen LogP contribution in [0.4, 0.5) is 0 Å². The van der Waals surface area contributed by atoms with Gasteiger partial charge >= 0.3 is 0 Å². The highest BCUT2D eigenvalue weighted by atomic mass is 16.5. The molecule has 0 saturated heterocycles. The summed E-state index contributed by atoms with van der Waals surface area (Å²) in [6, 6.07) is 5.85. The van der Waals surface area contributed by atoms with Crippen LogP contribution in [0.1, 0.15) is 11.3 Å². The monoisotopic (exact) mass is 197 g/mol. The van der Waals surface area contributed by atoms with Crippen LogP contribution >= 0.6 is 0 Å². The summed E-state index contributed by atoms with van der Waals surface area (Å²) in [5.41, 5.74) is 3.09. The van der Waals surface area contributed by atoms with Crippen LogP contribution in [-0.4, -0.2) is 10.1 Å². The second-order valence-electron chi connectivity index (χ2n) is 3.45. The lowest BCUT2D eigenvalue weighted by molar-refractivity contribution is 0.450. The van der Waals surface area contributed by atoms with Gasteiger partial charge in [-0.1, -0.05) is 0 Å². The van der Waals surface area contributed by atoms with Crippen LogP contribution < -0.4 is 0 Å². The molecule has 0 aliphatic heterocycles. The molecule has 0 atom stereocenters. The first-order valence-corrected chi connectivity index (χ1v) is 4.56. The number of nitrogens with one attached hydrogen (secondary N) is 1. The van der Waals surface area contributed by atoms with Gasteiger partial charge in [0.15, 0.2) is 5.58 Å². The highest BCUT2D eigenvalue weighted by Crippen LogP contribution is 2.29. The largest absolute Gasteiger partial charge is 0.382 e. The Morgan fingerprint density at radius 2 is 2.27 bits per heavy atom. The summed E-state index contributed by atoms with van der Waals surface area (Å²) in [5, 5.41) is 13.6. The van der Waals surface area contributed by atoms with Gasteiger partial charge in [-0.3, -0.25) is 4.98 Å². The molecule has 0 spiro atoms. The van der Waals surface area contributed by atoms with E-state index < -0.39 is 0 Å². The number of hydrogen-bond donors (Lipinski definition) is 1.